The second-order valence-corrected chi connectivity index (χ2v) is 7.66. The van der Waals surface area contributed by atoms with Gasteiger partial charge in [0.05, 0.1) is 12.6 Å². The van der Waals surface area contributed by atoms with Crippen LogP contribution in [0.3, 0.4) is 0 Å². The van der Waals surface area contributed by atoms with Crippen molar-refractivity contribution in [1.82, 2.24) is 9.97 Å². The van der Waals surface area contributed by atoms with Crippen LogP contribution in [0.5, 0.6) is 0 Å². The van der Waals surface area contributed by atoms with Gasteiger partial charge >= 0.3 is 0 Å². The van der Waals surface area contributed by atoms with Gasteiger partial charge in [0.2, 0.25) is 0 Å². The number of nitriles is 2. The molecule has 0 unspecified atom stereocenters. The number of benzene rings is 3. The topological polar surface area (TPSA) is 77.7 Å². The van der Waals surface area contributed by atoms with Crippen molar-refractivity contribution in [1.29, 1.82) is 10.5 Å². The molecule has 2 aromatic heterocycles. The molecule has 5 nitrogen and oxygen atoms in total. The summed E-state index contributed by atoms with van der Waals surface area (Å²) < 4.78 is 21.9. The van der Waals surface area contributed by atoms with Crippen LogP contribution in [0.1, 0.15) is 20.8 Å². The van der Waals surface area contributed by atoms with Crippen molar-refractivity contribution >= 4 is 5.69 Å². The first-order valence-corrected chi connectivity index (χ1v) is 11.1. The molecule has 6 heteroatoms. The fourth-order valence-corrected chi connectivity index (χ4v) is 3.51. The Morgan fingerprint density at radius 1 is 0.895 bits per heavy atom. The van der Waals surface area contributed by atoms with E-state index in [0.29, 0.717) is 0 Å². The van der Waals surface area contributed by atoms with Crippen LogP contribution in [0.2, 0.25) is 0 Å². The van der Waals surface area contributed by atoms with Crippen molar-refractivity contribution < 1.29 is 24.2 Å². The predicted molar refractivity (Wildman–Crippen MR) is 143 cm³/mol. The maximum Gasteiger partial charge on any atom is 0.107 e. The molecule has 0 amide bonds. The van der Waals surface area contributed by atoms with E-state index in [4.69, 9.17) is 15.9 Å². The van der Waals surface area contributed by atoms with Crippen molar-refractivity contribution in [2.75, 3.05) is 0 Å². The van der Waals surface area contributed by atoms with E-state index in [1.807, 2.05) is 66.9 Å². The third kappa shape index (κ3) is 6.64. The smallest absolute Gasteiger partial charge is 0.107 e. The van der Waals surface area contributed by atoms with E-state index in [2.05, 4.69) is 45.1 Å². The number of rotatable bonds is 3. The largest absolute Gasteiger partial charge is 0.305 e. The first kappa shape index (κ1) is 23.5. The Bertz CT molecular complexity index is 1700. The minimum atomic E-state index is -2.27. The van der Waals surface area contributed by atoms with E-state index < -0.39 is 6.85 Å². The van der Waals surface area contributed by atoms with Crippen LogP contribution in [0.25, 0.3) is 38.5 Å². The summed E-state index contributed by atoms with van der Waals surface area (Å²) in [6, 6.07) is 36.1. The first-order chi connectivity index (χ1) is 19.3. The third-order valence-corrected chi connectivity index (χ3v) is 5.28. The number of hydrogen-bond donors (Lipinski definition) is 0. The molecule has 0 aliphatic rings. The van der Waals surface area contributed by atoms with Crippen molar-refractivity contribution in [3.63, 3.8) is 0 Å². The molecular formula is C32H19IrN5-2. The van der Waals surface area contributed by atoms with Gasteiger partial charge in [0.25, 0.3) is 0 Å². The van der Waals surface area contributed by atoms with Gasteiger partial charge in [-0.25, -0.2) is 5.26 Å². The normalized spacial score (nSPS) is 10.9. The predicted octanol–water partition coefficient (Wildman–Crippen LogP) is 7.36. The van der Waals surface area contributed by atoms with Gasteiger partial charge in [-0.2, -0.15) is 5.26 Å². The number of hydrogen-bond acceptors (Lipinski definition) is 4. The molecule has 5 aromatic rings. The van der Waals surface area contributed by atoms with Crippen LogP contribution < -0.4 is 0 Å². The Labute approximate surface area is 240 Å². The second kappa shape index (κ2) is 13.4. The van der Waals surface area contributed by atoms with Crippen LogP contribution in [-0.2, 0) is 20.1 Å². The Morgan fingerprint density at radius 2 is 1.71 bits per heavy atom. The van der Waals surface area contributed by atoms with Gasteiger partial charge in [0.1, 0.15) is 5.69 Å². The summed E-state index contributed by atoms with van der Waals surface area (Å²) in [6.07, 6.45) is 3.03. The van der Waals surface area contributed by atoms with Gasteiger partial charge in [-0.1, -0.05) is 48.5 Å². The van der Waals surface area contributed by atoms with Gasteiger partial charge in [0, 0.05) is 42.7 Å². The minimum absolute atomic E-state index is 0. The van der Waals surface area contributed by atoms with Crippen LogP contribution in [0, 0.1) is 48.2 Å². The molecular weight excluding hydrogens is 647 g/mol. The van der Waals surface area contributed by atoms with Crippen molar-refractivity contribution in [3.05, 3.63) is 138 Å². The van der Waals surface area contributed by atoms with E-state index in [1.54, 1.807) is 0 Å². The van der Waals surface area contributed by atoms with Crippen molar-refractivity contribution in [3.8, 4) is 45.8 Å². The summed E-state index contributed by atoms with van der Waals surface area (Å²) >= 11 is 0. The zero-order chi connectivity index (χ0) is 28.5. The van der Waals surface area contributed by atoms with Gasteiger partial charge in [-0.05, 0) is 52.1 Å². The molecule has 0 saturated heterocycles. The van der Waals surface area contributed by atoms with Crippen LogP contribution in [0.15, 0.2) is 97.3 Å². The van der Waals surface area contributed by atoms with E-state index in [-0.39, 0.29) is 53.7 Å². The monoisotopic (exact) mass is 669 g/mol. The molecule has 0 fully saturated rings. The molecule has 0 aliphatic heterocycles. The van der Waals surface area contributed by atoms with E-state index >= 15 is 0 Å². The fourth-order valence-electron chi connectivity index (χ4n) is 3.51. The van der Waals surface area contributed by atoms with Crippen LogP contribution in [0.4, 0.5) is 5.69 Å². The summed E-state index contributed by atoms with van der Waals surface area (Å²) in [4.78, 5) is 11.6. The number of aromatic nitrogens is 2. The van der Waals surface area contributed by atoms with Crippen LogP contribution >= 0.6 is 0 Å². The molecule has 2 heterocycles. The second-order valence-electron chi connectivity index (χ2n) is 7.66. The van der Waals surface area contributed by atoms with Crippen molar-refractivity contribution in [2.45, 2.75) is 6.85 Å². The Balaban J connectivity index is 0.000000224. The summed E-state index contributed by atoms with van der Waals surface area (Å²) in [5, 5.41) is 18.3. The van der Waals surface area contributed by atoms with E-state index in [1.165, 1.54) is 35.5 Å². The van der Waals surface area contributed by atoms with Gasteiger partial charge in [-0.15, -0.1) is 53.6 Å². The first-order valence-electron chi connectivity index (χ1n) is 12.6. The molecule has 0 N–H and O–H groups in total. The summed E-state index contributed by atoms with van der Waals surface area (Å²) in [7, 11) is 0. The maximum absolute atomic E-state index is 9.22. The zero-order valence-electron chi connectivity index (χ0n) is 22.8. The van der Waals surface area contributed by atoms with Gasteiger partial charge < -0.3 is 9.97 Å². The quantitative estimate of drug-likeness (QED) is 0.188. The summed E-state index contributed by atoms with van der Waals surface area (Å²) in [5.41, 5.74) is 5.13. The van der Waals surface area contributed by atoms with Gasteiger partial charge in [0.15, 0.2) is 0 Å². The summed E-state index contributed by atoms with van der Waals surface area (Å²) in [6.45, 7) is 4.75. The fraction of sp³-hybridized carbons (Fsp3) is 0.0312. The molecule has 0 saturated carbocycles. The summed E-state index contributed by atoms with van der Waals surface area (Å²) in [5.74, 6) is 0. The SMILES string of the molecule is [2H]C([2H])([2H])c1ccc(-c2[c-]c([N+]#[C-])cc(C#N)c2C#N)nc1.[Ir].[c-]1ccccc1-c1cc(-c2ccccc2)ccn1. The molecule has 38 heavy (non-hydrogen) atoms. The third-order valence-electron chi connectivity index (χ3n) is 5.28. The van der Waals surface area contributed by atoms with Crippen molar-refractivity contribution in [2.24, 2.45) is 0 Å². The van der Waals surface area contributed by atoms with E-state index in [9.17, 15) is 5.26 Å². The average molecular weight is 669 g/mol. The molecule has 183 valence electrons. The molecule has 0 atom stereocenters. The van der Waals surface area contributed by atoms with Crippen LogP contribution in [-0.4, -0.2) is 9.97 Å². The number of aryl methyl sites for hydroxylation is 1. The maximum atomic E-state index is 9.22. The zero-order valence-corrected chi connectivity index (χ0v) is 22.2. The number of nitrogens with zero attached hydrogens (tertiary/aromatic N) is 5. The van der Waals surface area contributed by atoms with E-state index in [0.717, 1.165) is 11.3 Å². The molecule has 1 radical (unpaired) electrons. The Hall–Kier alpha value is -4.92. The minimum Gasteiger partial charge on any atom is -0.305 e. The molecule has 0 bridgehead atoms. The molecule has 0 spiro atoms. The molecule has 0 aliphatic carbocycles. The average Bonchev–Trinajstić information content (AvgIpc) is 3.01. The Kier molecular flexibility index (Phi) is 8.28. The van der Waals surface area contributed by atoms with Gasteiger partial charge in [-0.3, -0.25) is 4.85 Å². The molecule has 5 rings (SSSR count). The number of pyridine rings is 2. The standard InChI is InChI=1S/C17H12N.C15H7N4.Ir/c1-3-7-14(8-4-1)16-11-12-18-17(13-16)15-9-5-2-6-10-15;1-10-3-4-15(19-9-10)13-6-12(18-2)5-11(7-16)14(13)8-17;/h1-9,11-13H;3-5,9H,1H3;/q2*-1;/i;1D3;. The Morgan fingerprint density at radius 3 is 2.34 bits per heavy atom. The molecule has 3 aromatic carbocycles.